The van der Waals surface area contributed by atoms with E-state index in [-0.39, 0.29) is 10.6 Å². The number of aliphatic hydroxyl groups is 1. The Kier molecular flexibility index (Phi) is 6.39. The lowest BCUT2D eigenvalue weighted by molar-refractivity contribution is -0.385. The van der Waals surface area contributed by atoms with E-state index in [0.717, 1.165) is 31.7 Å². The Hall–Kier alpha value is -2.48. The SMILES string of the molecule is COc1ccc([N+](=O)[O-])c(CN2CCN(CC(O)c3ccccc3)CC2)c1. The number of hydrogen-bond acceptors (Lipinski definition) is 6. The summed E-state index contributed by atoms with van der Waals surface area (Å²) in [5.41, 5.74) is 1.71. The van der Waals surface area contributed by atoms with E-state index in [1.165, 1.54) is 6.07 Å². The second kappa shape index (κ2) is 8.94. The Bertz CT molecular complexity index is 761. The smallest absolute Gasteiger partial charge is 0.274 e. The maximum atomic E-state index is 11.3. The summed E-state index contributed by atoms with van der Waals surface area (Å²) >= 11 is 0. The molecule has 1 atom stereocenters. The van der Waals surface area contributed by atoms with Crippen LogP contribution in [-0.4, -0.2) is 59.7 Å². The third-order valence-corrected chi connectivity index (χ3v) is 4.96. The van der Waals surface area contributed by atoms with Crippen LogP contribution in [0.15, 0.2) is 48.5 Å². The maximum absolute atomic E-state index is 11.3. The van der Waals surface area contributed by atoms with Gasteiger partial charge in [0, 0.05) is 50.9 Å². The van der Waals surface area contributed by atoms with Gasteiger partial charge < -0.3 is 9.84 Å². The molecule has 0 saturated carbocycles. The molecule has 1 aliphatic heterocycles. The van der Waals surface area contributed by atoms with Crippen LogP contribution in [0.1, 0.15) is 17.2 Å². The number of piperazine rings is 1. The van der Waals surface area contributed by atoms with Crippen molar-refractivity contribution >= 4 is 5.69 Å². The highest BCUT2D eigenvalue weighted by Crippen LogP contribution is 2.26. The zero-order valence-electron chi connectivity index (χ0n) is 15.5. The fraction of sp³-hybridized carbons (Fsp3) is 0.400. The first-order chi connectivity index (χ1) is 13.1. The third-order valence-electron chi connectivity index (χ3n) is 4.96. The van der Waals surface area contributed by atoms with Crippen LogP contribution in [0.25, 0.3) is 0 Å². The number of nitro benzene ring substituents is 1. The topological polar surface area (TPSA) is 79.1 Å². The molecule has 1 N–H and O–H groups in total. The van der Waals surface area contributed by atoms with E-state index in [0.29, 0.717) is 24.4 Å². The van der Waals surface area contributed by atoms with Gasteiger partial charge in [-0.1, -0.05) is 30.3 Å². The van der Waals surface area contributed by atoms with Crippen LogP contribution >= 0.6 is 0 Å². The number of aliphatic hydroxyl groups excluding tert-OH is 1. The highest BCUT2D eigenvalue weighted by molar-refractivity contribution is 5.45. The summed E-state index contributed by atoms with van der Waals surface area (Å²) in [6.45, 7) is 4.36. The first-order valence-electron chi connectivity index (χ1n) is 9.06. The van der Waals surface area contributed by atoms with E-state index >= 15 is 0 Å². The minimum atomic E-state index is -0.503. The normalized spacial score (nSPS) is 16.8. The Balaban J connectivity index is 1.56. The summed E-state index contributed by atoms with van der Waals surface area (Å²) < 4.78 is 5.20. The summed E-state index contributed by atoms with van der Waals surface area (Å²) in [7, 11) is 1.56. The van der Waals surface area contributed by atoms with Gasteiger partial charge in [-0.25, -0.2) is 0 Å². The van der Waals surface area contributed by atoms with Gasteiger partial charge in [-0.15, -0.1) is 0 Å². The van der Waals surface area contributed by atoms with Gasteiger partial charge in [0.2, 0.25) is 0 Å². The van der Waals surface area contributed by atoms with Gasteiger partial charge in [0.25, 0.3) is 5.69 Å². The van der Waals surface area contributed by atoms with Gasteiger partial charge in [0.15, 0.2) is 0 Å². The number of methoxy groups -OCH3 is 1. The zero-order chi connectivity index (χ0) is 19.2. The van der Waals surface area contributed by atoms with Crippen LogP contribution in [0.4, 0.5) is 5.69 Å². The number of ether oxygens (including phenoxy) is 1. The fourth-order valence-corrected chi connectivity index (χ4v) is 3.39. The second-order valence-corrected chi connectivity index (χ2v) is 6.75. The maximum Gasteiger partial charge on any atom is 0.274 e. The molecule has 0 amide bonds. The summed E-state index contributed by atoms with van der Waals surface area (Å²) in [6, 6.07) is 14.5. The Labute approximate surface area is 158 Å². The minimum absolute atomic E-state index is 0.123. The number of rotatable bonds is 7. The van der Waals surface area contributed by atoms with Gasteiger partial charge in [-0.3, -0.25) is 19.9 Å². The molecule has 0 aliphatic carbocycles. The van der Waals surface area contributed by atoms with Crippen molar-refractivity contribution in [2.24, 2.45) is 0 Å². The molecule has 1 unspecified atom stereocenters. The minimum Gasteiger partial charge on any atom is -0.497 e. The lowest BCUT2D eigenvalue weighted by Gasteiger charge is -2.35. The summed E-state index contributed by atoms with van der Waals surface area (Å²) in [5.74, 6) is 0.625. The number of nitro groups is 1. The van der Waals surface area contributed by atoms with Crippen molar-refractivity contribution < 1.29 is 14.8 Å². The van der Waals surface area contributed by atoms with Gasteiger partial charge in [-0.2, -0.15) is 0 Å². The molecule has 7 nitrogen and oxygen atoms in total. The van der Waals surface area contributed by atoms with E-state index in [9.17, 15) is 15.2 Å². The predicted octanol–water partition coefficient (Wildman–Crippen LogP) is 2.45. The molecule has 144 valence electrons. The fourth-order valence-electron chi connectivity index (χ4n) is 3.39. The summed E-state index contributed by atoms with van der Waals surface area (Å²) in [4.78, 5) is 15.4. The summed E-state index contributed by atoms with van der Waals surface area (Å²) in [6.07, 6.45) is -0.503. The van der Waals surface area contributed by atoms with Crippen molar-refractivity contribution in [3.05, 3.63) is 69.8 Å². The molecule has 0 bridgehead atoms. The molecule has 2 aromatic carbocycles. The molecule has 1 aliphatic rings. The number of nitrogens with zero attached hydrogens (tertiary/aromatic N) is 3. The number of β-amino-alcohol motifs (C(OH)–C–C–N with tert-alkyl or cyclic N) is 1. The van der Waals surface area contributed by atoms with Gasteiger partial charge in [-0.05, 0) is 17.7 Å². The van der Waals surface area contributed by atoms with E-state index in [4.69, 9.17) is 4.74 Å². The third kappa shape index (κ3) is 5.03. The Morgan fingerprint density at radius 2 is 1.78 bits per heavy atom. The highest BCUT2D eigenvalue weighted by Gasteiger charge is 2.23. The lowest BCUT2D eigenvalue weighted by atomic mass is 10.1. The van der Waals surface area contributed by atoms with E-state index in [1.807, 2.05) is 30.3 Å². The van der Waals surface area contributed by atoms with Crippen molar-refractivity contribution in [1.29, 1.82) is 0 Å². The largest absolute Gasteiger partial charge is 0.497 e. The van der Waals surface area contributed by atoms with Crippen LogP contribution in [0.3, 0.4) is 0 Å². The van der Waals surface area contributed by atoms with E-state index < -0.39 is 6.10 Å². The van der Waals surface area contributed by atoms with E-state index in [2.05, 4.69) is 9.80 Å². The van der Waals surface area contributed by atoms with Gasteiger partial charge >= 0.3 is 0 Å². The zero-order valence-corrected chi connectivity index (χ0v) is 15.5. The average Bonchev–Trinajstić information content (AvgIpc) is 2.69. The van der Waals surface area contributed by atoms with Crippen LogP contribution in [0.2, 0.25) is 0 Å². The quantitative estimate of drug-likeness (QED) is 0.595. The number of benzene rings is 2. The van der Waals surface area contributed by atoms with Crippen molar-refractivity contribution in [2.75, 3.05) is 39.8 Å². The molecule has 1 heterocycles. The lowest BCUT2D eigenvalue weighted by Crippen LogP contribution is -2.47. The molecule has 3 rings (SSSR count). The molecule has 7 heteroatoms. The molecule has 1 fully saturated rings. The molecule has 0 spiro atoms. The molecule has 27 heavy (non-hydrogen) atoms. The van der Waals surface area contributed by atoms with Crippen LogP contribution in [0, 0.1) is 10.1 Å². The van der Waals surface area contributed by atoms with Crippen molar-refractivity contribution in [3.8, 4) is 5.75 Å². The summed E-state index contributed by atoms with van der Waals surface area (Å²) in [5, 5.41) is 21.7. The van der Waals surface area contributed by atoms with Gasteiger partial charge in [0.05, 0.1) is 18.1 Å². The Morgan fingerprint density at radius 3 is 2.41 bits per heavy atom. The monoisotopic (exact) mass is 371 g/mol. The molecule has 0 radical (unpaired) electrons. The van der Waals surface area contributed by atoms with Crippen LogP contribution < -0.4 is 4.74 Å². The van der Waals surface area contributed by atoms with E-state index in [1.54, 1.807) is 19.2 Å². The van der Waals surface area contributed by atoms with Crippen molar-refractivity contribution in [1.82, 2.24) is 9.80 Å². The van der Waals surface area contributed by atoms with Crippen LogP contribution in [-0.2, 0) is 6.54 Å². The standard InChI is InChI=1S/C20H25N3O4/c1-27-18-7-8-19(23(25)26)17(13-18)14-21-9-11-22(12-10-21)15-20(24)16-5-3-2-4-6-16/h2-8,13,20,24H,9-12,14-15H2,1H3. The van der Waals surface area contributed by atoms with Crippen LogP contribution in [0.5, 0.6) is 5.75 Å². The Morgan fingerprint density at radius 1 is 1.11 bits per heavy atom. The second-order valence-electron chi connectivity index (χ2n) is 6.75. The molecular weight excluding hydrogens is 346 g/mol. The van der Waals surface area contributed by atoms with Crippen molar-refractivity contribution in [2.45, 2.75) is 12.6 Å². The average molecular weight is 371 g/mol. The predicted molar refractivity (Wildman–Crippen MR) is 103 cm³/mol. The first kappa shape index (κ1) is 19.3. The molecule has 2 aromatic rings. The molecule has 1 saturated heterocycles. The highest BCUT2D eigenvalue weighted by atomic mass is 16.6. The van der Waals surface area contributed by atoms with Crippen molar-refractivity contribution in [3.63, 3.8) is 0 Å². The van der Waals surface area contributed by atoms with Gasteiger partial charge in [0.1, 0.15) is 5.75 Å². The molecular formula is C20H25N3O4. The number of hydrogen-bond donors (Lipinski definition) is 1. The first-order valence-corrected chi connectivity index (χ1v) is 9.06. The molecule has 0 aromatic heterocycles.